The molecular formula is C13H14F3N3O. The van der Waals surface area contributed by atoms with E-state index in [2.05, 4.69) is 5.32 Å². The summed E-state index contributed by atoms with van der Waals surface area (Å²) in [5, 5.41) is 13.1. The average Bonchev–Trinajstić information content (AvgIpc) is 2.37. The van der Waals surface area contributed by atoms with Gasteiger partial charge in [-0.3, -0.25) is 4.79 Å². The smallest absolute Gasteiger partial charge is 0.374 e. The van der Waals surface area contributed by atoms with Crippen LogP contribution >= 0.6 is 0 Å². The maximum absolute atomic E-state index is 12.0. The van der Waals surface area contributed by atoms with Gasteiger partial charge in [0.25, 0.3) is 0 Å². The molecule has 1 atom stereocenters. The zero-order chi connectivity index (χ0) is 15.2. The lowest BCUT2D eigenvalue weighted by Gasteiger charge is -2.16. The highest BCUT2D eigenvalue weighted by molar-refractivity contribution is 5.84. The highest BCUT2D eigenvalue weighted by atomic mass is 19.4. The van der Waals surface area contributed by atoms with Crippen LogP contribution in [0.4, 0.5) is 18.9 Å². The van der Waals surface area contributed by atoms with E-state index in [4.69, 9.17) is 5.26 Å². The minimum atomic E-state index is -4.42. The first kappa shape index (κ1) is 15.8. The molecule has 0 aliphatic heterocycles. The number of nitrogens with one attached hydrogen (secondary N) is 2. The van der Waals surface area contributed by atoms with Gasteiger partial charge in [0.05, 0.1) is 12.5 Å². The zero-order valence-electron chi connectivity index (χ0n) is 10.8. The van der Waals surface area contributed by atoms with Gasteiger partial charge in [-0.1, -0.05) is 12.1 Å². The third kappa shape index (κ3) is 5.61. The van der Waals surface area contributed by atoms with Crippen LogP contribution in [-0.2, 0) is 11.2 Å². The van der Waals surface area contributed by atoms with E-state index in [0.29, 0.717) is 5.69 Å². The van der Waals surface area contributed by atoms with E-state index >= 15 is 0 Å². The molecule has 108 valence electrons. The molecule has 0 saturated heterocycles. The highest BCUT2D eigenvalue weighted by Gasteiger charge is 2.28. The normalized spacial score (nSPS) is 12.3. The Morgan fingerprint density at radius 1 is 1.35 bits per heavy atom. The number of carbonyl (C=O) groups is 1. The fourth-order valence-corrected chi connectivity index (χ4v) is 1.47. The van der Waals surface area contributed by atoms with Crippen LogP contribution < -0.4 is 10.6 Å². The van der Waals surface area contributed by atoms with Crippen molar-refractivity contribution in [1.82, 2.24) is 5.32 Å². The Labute approximate surface area is 114 Å². The second kappa shape index (κ2) is 6.80. The van der Waals surface area contributed by atoms with Gasteiger partial charge in [-0.05, 0) is 24.6 Å². The van der Waals surface area contributed by atoms with E-state index in [9.17, 15) is 18.0 Å². The van der Waals surface area contributed by atoms with Crippen LogP contribution in [0.2, 0.25) is 0 Å². The summed E-state index contributed by atoms with van der Waals surface area (Å²) in [6, 6.07) is 7.97. The fraction of sp³-hybridized carbons (Fsp3) is 0.385. The summed E-state index contributed by atoms with van der Waals surface area (Å²) in [4.78, 5) is 11.4. The van der Waals surface area contributed by atoms with Crippen LogP contribution in [0.15, 0.2) is 24.3 Å². The first-order valence-corrected chi connectivity index (χ1v) is 5.88. The lowest BCUT2D eigenvalue weighted by atomic mass is 10.1. The molecule has 0 aromatic heterocycles. The Morgan fingerprint density at radius 2 is 1.95 bits per heavy atom. The predicted molar refractivity (Wildman–Crippen MR) is 67.9 cm³/mol. The molecule has 2 N–H and O–H groups in total. The number of rotatable bonds is 5. The number of hydrogen-bond acceptors (Lipinski definition) is 3. The molecule has 1 unspecified atom stereocenters. The summed E-state index contributed by atoms with van der Waals surface area (Å²) in [5.74, 6) is -0.733. The van der Waals surface area contributed by atoms with Crippen LogP contribution in [-0.4, -0.2) is 24.7 Å². The Balaban J connectivity index is 2.51. The molecular weight excluding hydrogens is 271 g/mol. The van der Waals surface area contributed by atoms with Crippen LogP contribution in [0, 0.1) is 11.3 Å². The van der Waals surface area contributed by atoms with Crippen LogP contribution in [0.1, 0.15) is 12.5 Å². The molecule has 0 bridgehead atoms. The minimum Gasteiger partial charge on any atom is -0.374 e. The third-order valence-corrected chi connectivity index (χ3v) is 2.48. The van der Waals surface area contributed by atoms with Gasteiger partial charge in [-0.15, -0.1) is 0 Å². The molecule has 0 saturated carbocycles. The maximum atomic E-state index is 12.0. The number of hydrogen-bond donors (Lipinski definition) is 2. The number of benzene rings is 1. The Hall–Kier alpha value is -2.23. The molecule has 0 aliphatic rings. The van der Waals surface area contributed by atoms with E-state index in [1.165, 1.54) is 6.92 Å². The zero-order valence-corrected chi connectivity index (χ0v) is 10.8. The monoisotopic (exact) mass is 285 g/mol. The van der Waals surface area contributed by atoms with Crippen molar-refractivity contribution in [3.05, 3.63) is 29.8 Å². The van der Waals surface area contributed by atoms with Gasteiger partial charge < -0.3 is 10.6 Å². The lowest BCUT2D eigenvalue weighted by molar-refractivity contribution is -0.138. The van der Waals surface area contributed by atoms with Crippen molar-refractivity contribution in [3.63, 3.8) is 0 Å². The van der Waals surface area contributed by atoms with Gasteiger partial charge in [-0.2, -0.15) is 18.4 Å². The summed E-state index contributed by atoms with van der Waals surface area (Å²) in [6.07, 6.45) is -4.14. The van der Waals surface area contributed by atoms with Crippen molar-refractivity contribution in [2.75, 3.05) is 11.9 Å². The Bertz CT molecular complexity index is 491. The molecule has 1 amide bonds. The summed E-state index contributed by atoms with van der Waals surface area (Å²) in [6.45, 7) is 0.119. The molecule has 4 nitrogen and oxygen atoms in total. The summed E-state index contributed by atoms with van der Waals surface area (Å²) < 4.78 is 35.9. The van der Waals surface area contributed by atoms with Gasteiger partial charge in [0.15, 0.2) is 0 Å². The first-order valence-electron chi connectivity index (χ1n) is 5.88. The number of alkyl halides is 3. The van der Waals surface area contributed by atoms with Crippen molar-refractivity contribution >= 4 is 11.6 Å². The standard InChI is InChI=1S/C13H14F3N3O/c1-9(12(20)18-8-13(14,15)16)19-11-4-2-10(3-5-11)6-7-17/h2-5,9,19H,6,8H2,1H3,(H,18,20). The number of halogens is 3. The first-order chi connectivity index (χ1) is 9.31. The van der Waals surface area contributed by atoms with Crippen LogP contribution in [0.5, 0.6) is 0 Å². The van der Waals surface area contributed by atoms with E-state index in [1.54, 1.807) is 29.6 Å². The highest BCUT2D eigenvalue weighted by Crippen LogP contribution is 2.13. The Morgan fingerprint density at radius 3 is 2.45 bits per heavy atom. The van der Waals surface area contributed by atoms with Gasteiger partial charge in [0.1, 0.15) is 12.6 Å². The number of nitrogens with zero attached hydrogens (tertiary/aromatic N) is 1. The molecule has 0 fully saturated rings. The van der Waals surface area contributed by atoms with E-state index in [0.717, 1.165) is 5.56 Å². The average molecular weight is 285 g/mol. The SMILES string of the molecule is CC(Nc1ccc(CC#N)cc1)C(=O)NCC(F)(F)F. The quantitative estimate of drug-likeness (QED) is 0.872. The lowest BCUT2D eigenvalue weighted by Crippen LogP contribution is -2.42. The largest absolute Gasteiger partial charge is 0.405 e. The van der Waals surface area contributed by atoms with Gasteiger partial charge in [-0.25, -0.2) is 0 Å². The molecule has 0 aliphatic carbocycles. The van der Waals surface area contributed by atoms with E-state index < -0.39 is 24.7 Å². The molecule has 0 radical (unpaired) electrons. The number of nitriles is 1. The number of carbonyl (C=O) groups excluding carboxylic acids is 1. The van der Waals surface area contributed by atoms with Crippen LogP contribution in [0.25, 0.3) is 0 Å². The molecule has 1 aromatic carbocycles. The molecule has 0 heterocycles. The number of anilines is 1. The fourth-order valence-electron chi connectivity index (χ4n) is 1.47. The van der Waals surface area contributed by atoms with Gasteiger partial charge in [0.2, 0.25) is 5.91 Å². The summed E-state index contributed by atoms with van der Waals surface area (Å²) in [5.41, 5.74) is 1.42. The minimum absolute atomic E-state index is 0.280. The molecule has 0 spiro atoms. The van der Waals surface area contributed by atoms with Gasteiger partial charge in [0, 0.05) is 5.69 Å². The van der Waals surface area contributed by atoms with Crippen molar-refractivity contribution in [2.45, 2.75) is 25.6 Å². The predicted octanol–water partition coefficient (Wildman–Crippen LogP) is 2.23. The summed E-state index contributed by atoms with van der Waals surface area (Å²) in [7, 11) is 0. The topological polar surface area (TPSA) is 64.9 Å². The van der Waals surface area contributed by atoms with Crippen molar-refractivity contribution in [3.8, 4) is 6.07 Å². The van der Waals surface area contributed by atoms with Crippen molar-refractivity contribution in [2.24, 2.45) is 0 Å². The number of amides is 1. The van der Waals surface area contributed by atoms with E-state index in [-0.39, 0.29) is 6.42 Å². The van der Waals surface area contributed by atoms with E-state index in [1.807, 2.05) is 6.07 Å². The third-order valence-electron chi connectivity index (χ3n) is 2.48. The second-order valence-corrected chi connectivity index (χ2v) is 4.23. The van der Waals surface area contributed by atoms with Crippen LogP contribution in [0.3, 0.4) is 0 Å². The van der Waals surface area contributed by atoms with Gasteiger partial charge >= 0.3 is 6.18 Å². The second-order valence-electron chi connectivity index (χ2n) is 4.23. The van der Waals surface area contributed by atoms with Crippen molar-refractivity contribution < 1.29 is 18.0 Å². The molecule has 1 rings (SSSR count). The maximum Gasteiger partial charge on any atom is 0.405 e. The molecule has 20 heavy (non-hydrogen) atoms. The summed E-state index contributed by atoms with van der Waals surface area (Å²) >= 11 is 0. The Kier molecular flexibility index (Phi) is 5.38. The molecule has 7 heteroatoms. The van der Waals surface area contributed by atoms with Crippen molar-refractivity contribution in [1.29, 1.82) is 5.26 Å². The molecule has 1 aromatic rings.